The van der Waals surface area contributed by atoms with Crippen molar-refractivity contribution in [1.29, 1.82) is 0 Å². The highest BCUT2D eigenvalue weighted by atomic mass is 32.2. The number of ether oxygens (including phenoxy) is 1. The SMILES string of the molecule is CCOC(=O)n1nc(NC(=O)c2ccccc2CN2C(=O)c3ccccc3C2=O)c2c1CCN(S(=O)(=O)c1cc(F)cc(F)c1)C2. The quantitative estimate of drug-likeness (QED) is 0.296. The van der Waals surface area contributed by atoms with Crippen molar-refractivity contribution < 1.29 is 41.1 Å². The van der Waals surface area contributed by atoms with Gasteiger partial charge in [0.05, 0.1) is 34.9 Å². The molecule has 46 heavy (non-hydrogen) atoms. The molecule has 1 aromatic heterocycles. The van der Waals surface area contributed by atoms with E-state index >= 15 is 0 Å². The van der Waals surface area contributed by atoms with E-state index in [4.69, 9.17) is 4.74 Å². The summed E-state index contributed by atoms with van der Waals surface area (Å²) in [5, 5.41) is 6.86. The molecule has 0 bridgehead atoms. The minimum Gasteiger partial charge on any atom is -0.448 e. The van der Waals surface area contributed by atoms with Gasteiger partial charge < -0.3 is 10.1 Å². The highest BCUT2D eigenvalue weighted by molar-refractivity contribution is 7.89. The fourth-order valence-electron chi connectivity index (χ4n) is 5.47. The Balaban J connectivity index is 1.31. The summed E-state index contributed by atoms with van der Waals surface area (Å²) >= 11 is 0. The Morgan fingerprint density at radius 3 is 2.24 bits per heavy atom. The first-order chi connectivity index (χ1) is 22.0. The van der Waals surface area contributed by atoms with Gasteiger partial charge in [0.15, 0.2) is 5.82 Å². The van der Waals surface area contributed by atoms with Crippen molar-refractivity contribution >= 4 is 39.7 Å². The minimum absolute atomic E-state index is 0.0198. The van der Waals surface area contributed by atoms with Crippen molar-refractivity contribution in [3.05, 3.63) is 112 Å². The number of nitrogens with zero attached hydrogens (tertiary/aromatic N) is 4. The zero-order valence-corrected chi connectivity index (χ0v) is 25.0. The molecule has 0 aliphatic carbocycles. The van der Waals surface area contributed by atoms with Crippen molar-refractivity contribution in [2.45, 2.75) is 31.3 Å². The molecule has 1 N–H and O–H groups in total. The third kappa shape index (κ3) is 5.43. The summed E-state index contributed by atoms with van der Waals surface area (Å²) < 4.78 is 61.5. The molecule has 12 nitrogen and oxygen atoms in total. The Labute approximate surface area is 261 Å². The summed E-state index contributed by atoms with van der Waals surface area (Å²) in [5.74, 6) is -4.00. The molecule has 0 saturated heterocycles. The number of hydrogen-bond donors (Lipinski definition) is 1. The van der Waals surface area contributed by atoms with Crippen LogP contribution in [0.4, 0.5) is 19.4 Å². The smallest absolute Gasteiger partial charge is 0.434 e. The second-order valence-corrected chi connectivity index (χ2v) is 12.4. The summed E-state index contributed by atoms with van der Waals surface area (Å²) in [6, 6.07) is 14.6. The van der Waals surface area contributed by atoms with E-state index in [-0.39, 0.29) is 66.4 Å². The van der Waals surface area contributed by atoms with E-state index in [1.807, 2.05) is 0 Å². The van der Waals surface area contributed by atoms with E-state index in [2.05, 4.69) is 10.4 Å². The molecule has 0 atom stereocenters. The highest BCUT2D eigenvalue weighted by Gasteiger charge is 2.37. The van der Waals surface area contributed by atoms with Crippen molar-refractivity contribution in [1.82, 2.24) is 19.0 Å². The molecular weight excluding hydrogens is 624 g/mol. The lowest BCUT2D eigenvalue weighted by atomic mass is 10.1. The summed E-state index contributed by atoms with van der Waals surface area (Å²) in [4.78, 5) is 52.8. The number of fused-ring (bicyclic) bond motifs is 2. The number of halogens is 2. The number of anilines is 1. The normalized spacial score (nSPS) is 14.6. The van der Waals surface area contributed by atoms with E-state index in [0.29, 0.717) is 23.8 Å². The third-order valence-corrected chi connectivity index (χ3v) is 9.46. The number of imide groups is 1. The van der Waals surface area contributed by atoms with Crippen LogP contribution in [0.25, 0.3) is 0 Å². The van der Waals surface area contributed by atoms with Crippen LogP contribution in [-0.2, 0) is 34.3 Å². The molecule has 15 heteroatoms. The van der Waals surface area contributed by atoms with Crippen LogP contribution in [0.1, 0.15) is 54.8 Å². The van der Waals surface area contributed by atoms with Crippen LogP contribution in [0.2, 0.25) is 0 Å². The van der Waals surface area contributed by atoms with Gasteiger partial charge in [-0.15, -0.1) is 5.10 Å². The minimum atomic E-state index is -4.40. The van der Waals surface area contributed by atoms with E-state index in [1.165, 1.54) is 6.07 Å². The number of benzene rings is 3. The van der Waals surface area contributed by atoms with Gasteiger partial charge in [-0.2, -0.15) is 8.99 Å². The topological polar surface area (TPSA) is 148 Å². The summed E-state index contributed by atoms with van der Waals surface area (Å²) in [5.41, 5.74) is 1.40. The standard InChI is InChI=1S/C31H25F2N5O7S/c1-2-45-31(42)38-26-11-12-36(46(43,44)21-14-19(32)13-20(33)15-21)17-25(26)27(35-38)34-28(39)22-8-4-3-7-18(22)16-37-29(40)23-9-5-6-10-24(23)30(37)41/h3-10,13-15H,2,11-12,16-17H2,1H3,(H,34,35,39). The predicted octanol–water partition coefficient (Wildman–Crippen LogP) is 3.96. The highest BCUT2D eigenvalue weighted by Crippen LogP contribution is 2.31. The van der Waals surface area contributed by atoms with Gasteiger partial charge in [0.2, 0.25) is 10.0 Å². The van der Waals surface area contributed by atoms with Gasteiger partial charge in [0, 0.05) is 36.7 Å². The fraction of sp³-hybridized carbons (Fsp3) is 0.194. The Morgan fingerprint density at radius 2 is 1.59 bits per heavy atom. The monoisotopic (exact) mass is 649 g/mol. The molecule has 3 heterocycles. The molecule has 6 rings (SSSR count). The van der Waals surface area contributed by atoms with Crippen LogP contribution >= 0.6 is 0 Å². The maximum Gasteiger partial charge on any atom is 0.434 e. The van der Waals surface area contributed by atoms with Crippen LogP contribution in [0.5, 0.6) is 0 Å². The second kappa shape index (κ2) is 11.9. The summed E-state index contributed by atoms with van der Waals surface area (Å²) in [7, 11) is -4.40. The lowest BCUT2D eigenvalue weighted by molar-refractivity contribution is 0.0640. The van der Waals surface area contributed by atoms with Gasteiger partial charge in [-0.05, 0) is 42.8 Å². The van der Waals surface area contributed by atoms with Gasteiger partial charge in [-0.1, -0.05) is 30.3 Å². The molecule has 2 aliphatic rings. The summed E-state index contributed by atoms with van der Waals surface area (Å²) in [6.07, 6.45) is -0.890. The van der Waals surface area contributed by atoms with Gasteiger partial charge in [0.1, 0.15) is 11.6 Å². The van der Waals surface area contributed by atoms with E-state index in [1.54, 1.807) is 49.4 Å². The third-order valence-electron chi connectivity index (χ3n) is 7.64. The molecule has 0 spiro atoms. The molecule has 236 valence electrons. The van der Waals surface area contributed by atoms with E-state index in [9.17, 15) is 36.4 Å². The molecule has 0 unspecified atom stereocenters. The van der Waals surface area contributed by atoms with Crippen molar-refractivity contribution in [3.63, 3.8) is 0 Å². The lowest BCUT2D eigenvalue weighted by Crippen LogP contribution is -2.37. The Kier molecular flexibility index (Phi) is 7.96. The van der Waals surface area contributed by atoms with Gasteiger partial charge >= 0.3 is 6.09 Å². The Morgan fingerprint density at radius 1 is 0.957 bits per heavy atom. The average molecular weight is 650 g/mol. The van der Waals surface area contributed by atoms with E-state index < -0.39 is 50.4 Å². The molecule has 4 aromatic rings. The molecule has 0 radical (unpaired) electrons. The number of carbonyl (C=O) groups is 4. The van der Waals surface area contributed by atoms with Crippen molar-refractivity contribution in [3.8, 4) is 0 Å². The van der Waals surface area contributed by atoms with Crippen molar-refractivity contribution in [2.24, 2.45) is 0 Å². The van der Waals surface area contributed by atoms with Gasteiger partial charge in [-0.25, -0.2) is 22.0 Å². The average Bonchev–Trinajstić information content (AvgIpc) is 3.51. The molecule has 3 amide bonds. The second-order valence-electron chi connectivity index (χ2n) is 10.4. The molecule has 0 saturated carbocycles. The number of carbonyl (C=O) groups excluding carboxylic acids is 4. The van der Waals surface area contributed by atoms with Crippen LogP contribution in [-0.4, -0.2) is 64.4 Å². The first-order valence-corrected chi connectivity index (χ1v) is 15.5. The van der Waals surface area contributed by atoms with Crippen LogP contribution < -0.4 is 5.32 Å². The predicted molar refractivity (Wildman–Crippen MR) is 157 cm³/mol. The maximum absolute atomic E-state index is 13.9. The molecule has 0 fully saturated rings. The first-order valence-electron chi connectivity index (χ1n) is 14.1. The molecular formula is C31H25F2N5O7S. The first kappa shape index (κ1) is 30.7. The van der Waals surface area contributed by atoms with Crippen molar-refractivity contribution in [2.75, 3.05) is 18.5 Å². The molecule has 3 aromatic carbocycles. The summed E-state index contributed by atoms with van der Waals surface area (Å²) in [6.45, 7) is 0.859. The number of hydrogen-bond acceptors (Lipinski definition) is 8. The Bertz CT molecular complexity index is 1990. The molecule has 2 aliphatic heterocycles. The van der Waals surface area contributed by atoms with E-state index in [0.717, 1.165) is 13.9 Å². The number of aromatic nitrogens is 2. The number of nitrogens with one attached hydrogen (secondary N) is 1. The van der Waals surface area contributed by atoms with Crippen LogP contribution in [0, 0.1) is 11.6 Å². The van der Waals surface area contributed by atoms with Gasteiger partial charge in [-0.3, -0.25) is 19.3 Å². The maximum atomic E-state index is 13.9. The number of amides is 3. The zero-order chi connectivity index (χ0) is 32.7. The largest absolute Gasteiger partial charge is 0.448 e. The van der Waals surface area contributed by atoms with Crippen LogP contribution in [0.3, 0.4) is 0 Å². The lowest BCUT2D eigenvalue weighted by Gasteiger charge is -2.27. The van der Waals surface area contributed by atoms with Crippen LogP contribution in [0.15, 0.2) is 71.6 Å². The fourth-order valence-corrected chi connectivity index (χ4v) is 6.92. The zero-order valence-electron chi connectivity index (χ0n) is 24.2. The Hall–Kier alpha value is -5.28. The van der Waals surface area contributed by atoms with Gasteiger partial charge in [0.25, 0.3) is 17.7 Å². The number of sulfonamides is 1. The number of rotatable bonds is 7.